The Morgan fingerprint density at radius 1 is 0.895 bits per heavy atom. The summed E-state index contributed by atoms with van der Waals surface area (Å²) in [4.78, 5) is 3.96. The lowest BCUT2D eigenvalue weighted by Gasteiger charge is -1.98. The standard InChI is InChI=1S/C9H8N2.C8H10/c1-2-4-9(5-3-1)11-7-6-10-8-11;1-2-8-6-4-3-5-7-8/h1-8H;3-7H,2H2,1H3. The largest absolute Gasteiger partial charge is 0.306 e. The quantitative estimate of drug-likeness (QED) is 0.669. The summed E-state index contributed by atoms with van der Waals surface area (Å²) in [7, 11) is 0. The zero-order valence-electron chi connectivity index (χ0n) is 11.1. The van der Waals surface area contributed by atoms with Crippen molar-refractivity contribution < 1.29 is 0 Å². The number of hydrogen-bond donors (Lipinski definition) is 0. The van der Waals surface area contributed by atoms with Crippen molar-refractivity contribution in [2.75, 3.05) is 0 Å². The van der Waals surface area contributed by atoms with Crippen molar-refractivity contribution in [1.29, 1.82) is 0 Å². The maximum Gasteiger partial charge on any atom is 0.0991 e. The third-order valence-electron chi connectivity index (χ3n) is 2.81. The minimum Gasteiger partial charge on any atom is -0.306 e. The van der Waals surface area contributed by atoms with Crippen molar-refractivity contribution in [3.63, 3.8) is 0 Å². The van der Waals surface area contributed by atoms with E-state index in [-0.39, 0.29) is 0 Å². The van der Waals surface area contributed by atoms with Gasteiger partial charge in [-0.3, -0.25) is 0 Å². The van der Waals surface area contributed by atoms with Gasteiger partial charge in [0.2, 0.25) is 0 Å². The monoisotopic (exact) mass is 250 g/mol. The van der Waals surface area contributed by atoms with E-state index < -0.39 is 0 Å². The fourth-order valence-electron chi connectivity index (χ4n) is 1.73. The van der Waals surface area contributed by atoms with E-state index in [9.17, 15) is 0 Å². The summed E-state index contributed by atoms with van der Waals surface area (Å²) in [6.07, 6.45) is 6.62. The number of benzene rings is 2. The summed E-state index contributed by atoms with van der Waals surface area (Å²) in [5, 5.41) is 0. The first kappa shape index (κ1) is 13.1. The predicted molar refractivity (Wildman–Crippen MR) is 79.4 cm³/mol. The lowest BCUT2D eigenvalue weighted by molar-refractivity contribution is 1.06. The highest BCUT2D eigenvalue weighted by Crippen LogP contribution is 2.04. The molecule has 1 aromatic heterocycles. The number of hydrogen-bond acceptors (Lipinski definition) is 1. The van der Waals surface area contributed by atoms with E-state index in [0.29, 0.717) is 0 Å². The molecule has 0 unspecified atom stereocenters. The van der Waals surface area contributed by atoms with Crippen LogP contribution in [0.1, 0.15) is 12.5 Å². The van der Waals surface area contributed by atoms with Crippen LogP contribution in [0.5, 0.6) is 0 Å². The van der Waals surface area contributed by atoms with E-state index in [4.69, 9.17) is 0 Å². The molecule has 19 heavy (non-hydrogen) atoms. The van der Waals surface area contributed by atoms with Crippen molar-refractivity contribution in [3.8, 4) is 5.69 Å². The van der Waals surface area contributed by atoms with Crippen molar-refractivity contribution in [2.24, 2.45) is 0 Å². The first-order valence-electron chi connectivity index (χ1n) is 6.47. The van der Waals surface area contributed by atoms with E-state index in [2.05, 4.69) is 36.2 Å². The second-order valence-electron chi connectivity index (χ2n) is 4.14. The molecule has 0 bridgehead atoms. The van der Waals surface area contributed by atoms with Crippen molar-refractivity contribution in [1.82, 2.24) is 9.55 Å². The van der Waals surface area contributed by atoms with Gasteiger partial charge in [-0.05, 0) is 24.1 Å². The maximum absolute atomic E-state index is 3.96. The number of nitrogens with zero attached hydrogens (tertiary/aromatic N) is 2. The highest BCUT2D eigenvalue weighted by atomic mass is 15.0. The molecule has 0 fully saturated rings. The summed E-state index contributed by atoms with van der Waals surface area (Å²) in [5.41, 5.74) is 2.55. The summed E-state index contributed by atoms with van der Waals surface area (Å²) in [6.45, 7) is 2.16. The maximum atomic E-state index is 3.96. The van der Waals surface area contributed by atoms with Crippen LogP contribution >= 0.6 is 0 Å². The average Bonchev–Trinajstić information content (AvgIpc) is 3.04. The number of para-hydroxylation sites is 1. The molecule has 0 radical (unpaired) electrons. The molecule has 0 N–H and O–H groups in total. The molecule has 2 heteroatoms. The van der Waals surface area contributed by atoms with Crippen LogP contribution in [0, 0.1) is 0 Å². The highest BCUT2D eigenvalue weighted by molar-refractivity contribution is 5.30. The normalized spacial score (nSPS) is 9.53. The van der Waals surface area contributed by atoms with Crippen LogP contribution in [0.4, 0.5) is 0 Å². The van der Waals surface area contributed by atoms with Gasteiger partial charge in [0.1, 0.15) is 0 Å². The molecular formula is C17H18N2. The summed E-state index contributed by atoms with van der Waals surface area (Å²) < 4.78 is 1.97. The molecule has 0 aliphatic carbocycles. The SMILES string of the molecule is CCc1ccccc1.c1ccc(-n2ccnc2)cc1. The van der Waals surface area contributed by atoms with Gasteiger partial charge in [0.15, 0.2) is 0 Å². The summed E-state index contributed by atoms with van der Waals surface area (Å²) in [6, 6.07) is 20.6. The Labute approximate surface area is 114 Å². The van der Waals surface area contributed by atoms with Crippen LogP contribution in [0.3, 0.4) is 0 Å². The Hall–Kier alpha value is -2.35. The van der Waals surface area contributed by atoms with Crippen molar-refractivity contribution in [2.45, 2.75) is 13.3 Å². The molecule has 0 saturated carbocycles. The Morgan fingerprint density at radius 3 is 2.00 bits per heavy atom. The molecule has 3 aromatic rings. The van der Waals surface area contributed by atoms with Gasteiger partial charge in [-0.2, -0.15) is 0 Å². The molecule has 2 nitrogen and oxygen atoms in total. The van der Waals surface area contributed by atoms with Crippen LogP contribution in [0.15, 0.2) is 79.4 Å². The second-order valence-corrected chi connectivity index (χ2v) is 4.14. The molecule has 96 valence electrons. The first-order chi connectivity index (χ1) is 9.40. The molecule has 1 heterocycles. The van der Waals surface area contributed by atoms with Crippen molar-refractivity contribution >= 4 is 0 Å². The minimum atomic E-state index is 1.14. The third kappa shape index (κ3) is 4.11. The van der Waals surface area contributed by atoms with Gasteiger partial charge in [-0.1, -0.05) is 55.5 Å². The van der Waals surface area contributed by atoms with E-state index in [1.807, 2.05) is 47.2 Å². The third-order valence-corrected chi connectivity index (χ3v) is 2.81. The smallest absolute Gasteiger partial charge is 0.0991 e. The van der Waals surface area contributed by atoms with E-state index in [1.165, 1.54) is 5.56 Å². The van der Waals surface area contributed by atoms with Crippen LogP contribution in [0.25, 0.3) is 5.69 Å². The molecule has 0 saturated heterocycles. The van der Waals surface area contributed by atoms with Gasteiger partial charge in [0.25, 0.3) is 0 Å². The minimum absolute atomic E-state index is 1.14. The molecular weight excluding hydrogens is 232 g/mol. The van der Waals surface area contributed by atoms with Gasteiger partial charge in [-0.15, -0.1) is 0 Å². The molecule has 0 amide bonds. The summed E-state index contributed by atoms with van der Waals surface area (Å²) in [5.74, 6) is 0. The molecule has 3 rings (SSSR count). The van der Waals surface area contributed by atoms with Crippen molar-refractivity contribution in [3.05, 3.63) is 84.9 Å². The fraction of sp³-hybridized carbons (Fsp3) is 0.118. The number of aromatic nitrogens is 2. The lowest BCUT2D eigenvalue weighted by Crippen LogP contribution is -1.87. The van der Waals surface area contributed by atoms with Gasteiger partial charge in [0, 0.05) is 18.1 Å². The van der Waals surface area contributed by atoms with Crippen LogP contribution in [-0.2, 0) is 6.42 Å². The Balaban J connectivity index is 0.000000148. The molecule has 0 spiro atoms. The summed E-state index contributed by atoms with van der Waals surface area (Å²) >= 11 is 0. The van der Waals surface area contributed by atoms with Crippen LogP contribution < -0.4 is 0 Å². The van der Waals surface area contributed by atoms with Gasteiger partial charge < -0.3 is 4.57 Å². The number of aryl methyl sites for hydroxylation is 1. The number of imidazole rings is 1. The lowest BCUT2D eigenvalue weighted by atomic mass is 10.2. The van der Waals surface area contributed by atoms with E-state index in [1.54, 1.807) is 12.5 Å². The predicted octanol–water partition coefficient (Wildman–Crippen LogP) is 4.12. The van der Waals surface area contributed by atoms with Gasteiger partial charge >= 0.3 is 0 Å². The van der Waals surface area contributed by atoms with Crippen LogP contribution in [-0.4, -0.2) is 9.55 Å². The molecule has 0 aliphatic rings. The van der Waals surface area contributed by atoms with Gasteiger partial charge in [0.05, 0.1) is 6.33 Å². The molecule has 2 aromatic carbocycles. The zero-order valence-corrected chi connectivity index (χ0v) is 11.1. The Morgan fingerprint density at radius 2 is 1.53 bits per heavy atom. The topological polar surface area (TPSA) is 17.8 Å². The Kier molecular flexibility index (Phi) is 4.94. The Bertz CT molecular complexity index is 557. The highest BCUT2D eigenvalue weighted by Gasteiger charge is 1.89. The van der Waals surface area contributed by atoms with E-state index in [0.717, 1.165) is 12.1 Å². The zero-order chi connectivity index (χ0) is 13.3. The number of rotatable bonds is 2. The van der Waals surface area contributed by atoms with Gasteiger partial charge in [-0.25, -0.2) is 4.98 Å². The molecule has 0 aliphatic heterocycles. The second kappa shape index (κ2) is 7.17. The van der Waals surface area contributed by atoms with E-state index >= 15 is 0 Å². The average molecular weight is 250 g/mol. The molecule has 0 atom stereocenters. The first-order valence-corrected chi connectivity index (χ1v) is 6.47. The van der Waals surface area contributed by atoms with Crippen LogP contribution in [0.2, 0.25) is 0 Å². The fourth-order valence-corrected chi connectivity index (χ4v) is 1.73.